The third-order valence-corrected chi connectivity index (χ3v) is 3.62. The summed E-state index contributed by atoms with van der Waals surface area (Å²) in [4.78, 5) is 14.7. The molecule has 2 N–H and O–H groups in total. The first kappa shape index (κ1) is 14.6. The third kappa shape index (κ3) is 3.61. The number of amides is 1. The number of nitrogens with two attached hydrogens (primary N) is 1. The van der Waals surface area contributed by atoms with Crippen LogP contribution in [0.3, 0.4) is 0 Å². The minimum Gasteiger partial charge on any atom is -0.339 e. The van der Waals surface area contributed by atoms with Crippen LogP contribution in [-0.4, -0.2) is 30.4 Å². The molecule has 0 bridgehead atoms. The molecule has 1 aliphatic rings. The fourth-order valence-corrected chi connectivity index (χ4v) is 2.53. The second kappa shape index (κ2) is 7.12. The van der Waals surface area contributed by atoms with E-state index in [1.807, 2.05) is 30.0 Å². The minimum absolute atomic E-state index is 0.108. The quantitative estimate of drug-likeness (QED) is 0.796. The van der Waals surface area contributed by atoms with Crippen molar-refractivity contribution >= 4 is 5.91 Å². The molecule has 3 heteroatoms. The van der Waals surface area contributed by atoms with Gasteiger partial charge in [0.2, 0.25) is 0 Å². The van der Waals surface area contributed by atoms with Crippen LogP contribution in [-0.2, 0) is 0 Å². The molecular formula is C17H22N2O. The number of aryl methyl sites for hydroxylation is 1. The van der Waals surface area contributed by atoms with Crippen LogP contribution in [0.25, 0.3) is 0 Å². The summed E-state index contributed by atoms with van der Waals surface area (Å²) in [6.45, 7) is 4.03. The van der Waals surface area contributed by atoms with Crippen molar-refractivity contribution in [3.63, 3.8) is 0 Å². The first-order chi connectivity index (χ1) is 9.72. The van der Waals surface area contributed by atoms with Crippen molar-refractivity contribution < 1.29 is 4.79 Å². The van der Waals surface area contributed by atoms with E-state index in [4.69, 9.17) is 5.73 Å². The average molecular weight is 270 g/mol. The summed E-state index contributed by atoms with van der Waals surface area (Å²) in [5.74, 6) is 5.96. The Hall–Kier alpha value is -1.79. The first-order valence-corrected chi connectivity index (χ1v) is 7.31. The van der Waals surface area contributed by atoms with Crippen molar-refractivity contribution in [1.82, 2.24) is 4.90 Å². The van der Waals surface area contributed by atoms with E-state index in [0.717, 1.165) is 37.1 Å². The van der Waals surface area contributed by atoms with Gasteiger partial charge in [-0.05, 0) is 31.9 Å². The van der Waals surface area contributed by atoms with Crippen LogP contribution in [0.1, 0.15) is 47.2 Å². The lowest BCUT2D eigenvalue weighted by Gasteiger charge is -2.21. The van der Waals surface area contributed by atoms with E-state index in [0.29, 0.717) is 12.1 Å². The predicted octanol–water partition coefficient (Wildman–Crippen LogP) is 2.32. The van der Waals surface area contributed by atoms with E-state index in [9.17, 15) is 4.79 Å². The monoisotopic (exact) mass is 270 g/mol. The summed E-state index contributed by atoms with van der Waals surface area (Å²) >= 11 is 0. The zero-order chi connectivity index (χ0) is 14.4. The zero-order valence-electron chi connectivity index (χ0n) is 12.1. The predicted molar refractivity (Wildman–Crippen MR) is 81.5 cm³/mol. The lowest BCUT2D eigenvalue weighted by atomic mass is 10.0. The summed E-state index contributed by atoms with van der Waals surface area (Å²) in [6.07, 6.45) is 4.64. The molecule has 20 heavy (non-hydrogen) atoms. The van der Waals surface area contributed by atoms with Gasteiger partial charge in [-0.25, -0.2) is 0 Å². The largest absolute Gasteiger partial charge is 0.339 e. The molecule has 0 aliphatic carbocycles. The molecule has 0 aromatic heterocycles. The lowest BCUT2D eigenvalue weighted by molar-refractivity contribution is 0.0761. The highest BCUT2D eigenvalue weighted by Gasteiger charge is 2.19. The summed E-state index contributed by atoms with van der Waals surface area (Å²) in [5.41, 5.74) is 8.01. The maximum Gasteiger partial charge on any atom is 0.255 e. The highest BCUT2D eigenvalue weighted by molar-refractivity contribution is 5.97. The highest BCUT2D eigenvalue weighted by Crippen LogP contribution is 2.17. The van der Waals surface area contributed by atoms with Crippen LogP contribution in [0.15, 0.2) is 18.2 Å². The molecule has 1 saturated heterocycles. The average Bonchev–Trinajstić information content (AvgIpc) is 2.74. The van der Waals surface area contributed by atoms with Gasteiger partial charge in [-0.15, -0.1) is 0 Å². The molecule has 0 spiro atoms. The van der Waals surface area contributed by atoms with E-state index in [-0.39, 0.29) is 5.91 Å². The second-order valence-corrected chi connectivity index (χ2v) is 5.26. The molecule has 106 valence electrons. The number of nitrogens with zero attached hydrogens (tertiary/aromatic N) is 1. The number of likely N-dealkylation sites (tertiary alicyclic amines) is 1. The van der Waals surface area contributed by atoms with Gasteiger partial charge >= 0.3 is 0 Å². The maximum atomic E-state index is 12.7. The lowest BCUT2D eigenvalue weighted by Crippen LogP contribution is -2.32. The molecule has 0 atom stereocenters. The molecule has 0 unspecified atom stereocenters. The second-order valence-electron chi connectivity index (χ2n) is 5.26. The van der Waals surface area contributed by atoms with Crippen molar-refractivity contribution in [1.29, 1.82) is 0 Å². The van der Waals surface area contributed by atoms with Gasteiger partial charge < -0.3 is 10.6 Å². The molecule has 1 fully saturated rings. The summed E-state index contributed by atoms with van der Waals surface area (Å²) < 4.78 is 0. The van der Waals surface area contributed by atoms with E-state index in [2.05, 4.69) is 11.8 Å². The van der Waals surface area contributed by atoms with Crippen LogP contribution in [0, 0.1) is 18.8 Å². The fraction of sp³-hybridized carbons (Fsp3) is 0.471. The van der Waals surface area contributed by atoms with Crippen LogP contribution in [0.2, 0.25) is 0 Å². The highest BCUT2D eigenvalue weighted by atomic mass is 16.2. The Kier molecular flexibility index (Phi) is 5.20. The van der Waals surface area contributed by atoms with Crippen LogP contribution < -0.4 is 5.73 Å². The molecule has 1 aromatic carbocycles. The topological polar surface area (TPSA) is 46.3 Å². The molecule has 3 nitrogen and oxygen atoms in total. The normalized spacial score (nSPS) is 15.2. The number of carbonyl (C=O) groups is 1. The van der Waals surface area contributed by atoms with Gasteiger partial charge in [0.1, 0.15) is 0 Å². The van der Waals surface area contributed by atoms with Gasteiger partial charge in [-0.1, -0.05) is 36.3 Å². The molecule has 1 aliphatic heterocycles. The van der Waals surface area contributed by atoms with E-state index >= 15 is 0 Å². The number of hydrogen-bond donors (Lipinski definition) is 1. The molecule has 0 radical (unpaired) electrons. The number of benzene rings is 1. The maximum absolute atomic E-state index is 12.7. The summed E-state index contributed by atoms with van der Waals surface area (Å²) in [6, 6.07) is 5.84. The Morgan fingerprint density at radius 3 is 2.60 bits per heavy atom. The van der Waals surface area contributed by atoms with Gasteiger partial charge in [0.05, 0.1) is 12.1 Å². The van der Waals surface area contributed by atoms with Gasteiger partial charge in [0, 0.05) is 18.7 Å². The zero-order valence-corrected chi connectivity index (χ0v) is 12.1. The van der Waals surface area contributed by atoms with E-state index < -0.39 is 0 Å². The molecule has 0 saturated carbocycles. The van der Waals surface area contributed by atoms with Crippen LogP contribution in [0.5, 0.6) is 0 Å². The smallest absolute Gasteiger partial charge is 0.255 e. The van der Waals surface area contributed by atoms with Crippen molar-refractivity contribution in [3.8, 4) is 11.8 Å². The Balaban J connectivity index is 2.29. The van der Waals surface area contributed by atoms with E-state index in [1.54, 1.807) is 0 Å². The van der Waals surface area contributed by atoms with Gasteiger partial charge in [0.15, 0.2) is 0 Å². The number of carbonyl (C=O) groups excluding carboxylic acids is 1. The number of hydrogen-bond acceptors (Lipinski definition) is 2. The Labute approximate surface area is 121 Å². The van der Waals surface area contributed by atoms with Gasteiger partial charge in [0.25, 0.3) is 5.91 Å². The Bertz CT molecular complexity index is 532. The Morgan fingerprint density at radius 2 is 1.95 bits per heavy atom. The minimum atomic E-state index is 0.108. The molecule has 1 amide bonds. The van der Waals surface area contributed by atoms with Gasteiger partial charge in [-0.3, -0.25) is 4.79 Å². The molecule has 2 rings (SSSR count). The van der Waals surface area contributed by atoms with Crippen LogP contribution in [0.4, 0.5) is 0 Å². The van der Waals surface area contributed by atoms with Crippen molar-refractivity contribution in [3.05, 3.63) is 34.9 Å². The first-order valence-electron chi connectivity index (χ1n) is 7.31. The molecular weight excluding hydrogens is 248 g/mol. The summed E-state index contributed by atoms with van der Waals surface area (Å²) in [5, 5.41) is 0. The standard InChI is InChI=1S/C17H22N2O/c1-14-8-9-15(7-6-10-18)16(13-14)17(20)19-11-4-2-3-5-12-19/h8-9,13H,2-5,10-12,18H2,1H3. The molecule has 1 aromatic rings. The Morgan fingerprint density at radius 1 is 1.25 bits per heavy atom. The van der Waals surface area contributed by atoms with Gasteiger partial charge in [-0.2, -0.15) is 0 Å². The third-order valence-electron chi connectivity index (χ3n) is 3.62. The van der Waals surface area contributed by atoms with Crippen molar-refractivity contribution in [2.45, 2.75) is 32.6 Å². The van der Waals surface area contributed by atoms with Crippen molar-refractivity contribution in [2.75, 3.05) is 19.6 Å². The summed E-state index contributed by atoms with van der Waals surface area (Å²) in [7, 11) is 0. The van der Waals surface area contributed by atoms with E-state index in [1.165, 1.54) is 12.8 Å². The molecule has 1 heterocycles. The SMILES string of the molecule is Cc1ccc(C#CCN)c(C(=O)N2CCCCCC2)c1. The van der Waals surface area contributed by atoms with Crippen LogP contribution >= 0.6 is 0 Å². The van der Waals surface area contributed by atoms with Crippen molar-refractivity contribution in [2.24, 2.45) is 5.73 Å². The fourth-order valence-electron chi connectivity index (χ4n) is 2.53. The number of rotatable bonds is 1.